The third-order valence-electron chi connectivity index (χ3n) is 5.77. The lowest BCUT2D eigenvalue weighted by Gasteiger charge is -2.33. The second-order valence-electron chi connectivity index (χ2n) is 10.2. The lowest BCUT2D eigenvalue weighted by atomic mass is 10.0. The molecular formula is C30H34N4O6. The van der Waals surface area contributed by atoms with E-state index in [-0.39, 0.29) is 12.3 Å². The molecule has 0 heterocycles. The predicted octanol–water partition coefficient (Wildman–Crippen LogP) is 4.01. The number of nitrogens with two attached hydrogens (primary N) is 1. The lowest BCUT2D eigenvalue weighted by Crippen LogP contribution is -2.53. The van der Waals surface area contributed by atoms with Gasteiger partial charge in [-0.25, -0.2) is 4.79 Å². The molecule has 210 valence electrons. The Bertz CT molecular complexity index is 1410. The average Bonchev–Trinajstić information content (AvgIpc) is 2.86. The van der Waals surface area contributed by atoms with E-state index in [1.54, 1.807) is 39.0 Å². The molecule has 3 aromatic carbocycles. The second kappa shape index (κ2) is 12.8. The van der Waals surface area contributed by atoms with Gasteiger partial charge in [0.05, 0.1) is 6.42 Å². The topological polar surface area (TPSA) is 151 Å². The molecule has 0 fully saturated rings. The Balaban J connectivity index is 2.01. The summed E-state index contributed by atoms with van der Waals surface area (Å²) in [4.78, 5) is 53.2. The highest BCUT2D eigenvalue weighted by atomic mass is 16.6. The molecule has 0 radical (unpaired) electrons. The van der Waals surface area contributed by atoms with Crippen molar-refractivity contribution in [2.75, 3.05) is 11.9 Å². The van der Waals surface area contributed by atoms with Gasteiger partial charge in [0.2, 0.25) is 11.8 Å². The van der Waals surface area contributed by atoms with E-state index < -0.39 is 47.9 Å². The first-order chi connectivity index (χ1) is 18.9. The van der Waals surface area contributed by atoms with Crippen LogP contribution in [-0.2, 0) is 19.1 Å². The van der Waals surface area contributed by atoms with Crippen molar-refractivity contribution in [1.82, 2.24) is 10.2 Å². The Labute approximate surface area is 232 Å². The van der Waals surface area contributed by atoms with Crippen molar-refractivity contribution in [3.63, 3.8) is 0 Å². The summed E-state index contributed by atoms with van der Waals surface area (Å²) in [5.41, 5.74) is 5.30. The summed E-state index contributed by atoms with van der Waals surface area (Å²) >= 11 is 0. The van der Waals surface area contributed by atoms with Crippen LogP contribution in [0.25, 0.3) is 10.8 Å². The minimum absolute atomic E-state index is 0.118. The molecule has 0 bridgehead atoms. The quantitative estimate of drug-likeness (QED) is 0.282. The molecule has 2 atom stereocenters. The summed E-state index contributed by atoms with van der Waals surface area (Å²) in [5.74, 6) is -2.33. The first-order valence-corrected chi connectivity index (χ1v) is 12.7. The van der Waals surface area contributed by atoms with Gasteiger partial charge in [-0.3, -0.25) is 14.4 Å². The molecule has 0 aliphatic rings. The summed E-state index contributed by atoms with van der Waals surface area (Å²) in [5, 5.41) is 17.3. The van der Waals surface area contributed by atoms with Crippen molar-refractivity contribution in [3.05, 3.63) is 84.9 Å². The van der Waals surface area contributed by atoms with Crippen molar-refractivity contribution in [1.29, 1.82) is 0 Å². The van der Waals surface area contributed by atoms with Crippen LogP contribution in [0.5, 0.6) is 5.75 Å². The van der Waals surface area contributed by atoms with E-state index in [1.165, 1.54) is 24.3 Å². The number of hydrogen-bond acceptors (Lipinski definition) is 6. The first-order valence-electron chi connectivity index (χ1n) is 12.7. The fourth-order valence-corrected chi connectivity index (χ4v) is 4.16. The maximum atomic E-state index is 13.9. The number of hydrogen-bond donors (Lipinski definition) is 4. The summed E-state index contributed by atoms with van der Waals surface area (Å²) in [6, 6.07) is 16.2. The number of aromatic hydroxyl groups is 1. The third-order valence-corrected chi connectivity index (χ3v) is 5.77. The van der Waals surface area contributed by atoms with Gasteiger partial charge in [0.15, 0.2) is 0 Å². The van der Waals surface area contributed by atoms with Gasteiger partial charge in [-0.05, 0) is 61.4 Å². The van der Waals surface area contributed by atoms with Crippen LogP contribution in [0, 0.1) is 0 Å². The molecule has 5 N–H and O–H groups in total. The number of phenolic OH excluding ortho intramolecular Hbond substituents is 1. The van der Waals surface area contributed by atoms with Crippen LogP contribution < -0.4 is 16.4 Å². The number of rotatable bonds is 10. The Kier molecular flexibility index (Phi) is 9.50. The number of primary amides is 1. The van der Waals surface area contributed by atoms with Gasteiger partial charge in [0, 0.05) is 12.2 Å². The molecule has 4 amide bonds. The zero-order chi connectivity index (χ0) is 29.4. The van der Waals surface area contributed by atoms with Gasteiger partial charge in [0.25, 0.3) is 5.91 Å². The predicted molar refractivity (Wildman–Crippen MR) is 152 cm³/mol. The highest BCUT2D eigenvalue weighted by Crippen LogP contribution is 2.28. The summed E-state index contributed by atoms with van der Waals surface area (Å²) < 4.78 is 5.26. The van der Waals surface area contributed by atoms with Crippen molar-refractivity contribution < 1.29 is 29.0 Å². The van der Waals surface area contributed by atoms with Gasteiger partial charge >= 0.3 is 6.09 Å². The molecule has 0 saturated heterocycles. The standard InChI is InChI=1S/C30H34N4O6/c1-5-15-34(28(38)24(18-25(31)36)33-29(39)40-30(2,3)4)26(21-11-8-12-23(35)17-21)27(37)32-22-14-13-19-9-6-7-10-20(19)16-22/h5-14,16-17,24,26,35H,1,15,18H2,2-4H3,(H2,31,36)(H,32,37)(H,33,39). The van der Waals surface area contributed by atoms with Crippen molar-refractivity contribution in [3.8, 4) is 5.75 Å². The fraction of sp³-hybridized carbons (Fsp3) is 0.267. The molecule has 3 rings (SSSR count). The van der Waals surface area contributed by atoms with Crippen LogP contribution in [0.15, 0.2) is 79.4 Å². The number of carbonyl (C=O) groups is 4. The Morgan fingerprint density at radius 2 is 1.73 bits per heavy atom. The van der Waals surface area contributed by atoms with Gasteiger partial charge in [0.1, 0.15) is 23.4 Å². The average molecular weight is 547 g/mol. The Morgan fingerprint density at radius 1 is 1.02 bits per heavy atom. The van der Waals surface area contributed by atoms with E-state index in [1.807, 2.05) is 30.3 Å². The third kappa shape index (κ3) is 8.07. The normalized spacial score (nSPS) is 12.6. The number of anilines is 1. The fourth-order valence-electron chi connectivity index (χ4n) is 4.16. The summed E-state index contributed by atoms with van der Waals surface area (Å²) in [7, 11) is 0. The monoisotopic (exact) mass is 546 g/mol. The minimum Gasteiger partial charge on any atom is -0.508 e. The van der Waals surface area contributed by atoms with Crippen LogP contribution >= 0.6 is 0 Å². The molecule has 0 spiro atoms. The van der Waals surface area contributed by atoms with Crippen LogP contribution in [-0.4, -0.2) is 52.0 Å². The number of phenols is 1. The molecule has 40 heavy (non-hydrogen) atoms. The molecule has 2 unspecified atom stereocenters. The Hall–Kier alpha value is -4.86. The highest BCUT2D eigenvalue weighted by Gasteiger charge is 2.36. The zero-order valence-electron chi connectivity index (χ0n) is 22.7. The number of amides is 4. The number of carbonyl (C=O) groups excluding carboxylic acids is 4. The van der Waals surface area contributed by atoms with Gasteiger partial charge in [-0.2, -0.15) is 0 Å². The van der Waals surface area contributed by atoms with Crippen molar-refractivity contribution >= 4 is 40.3 Å². The summed E-state index contributed by atoms with van der Waals surface area (Å²) in [6.45, 7) is 8.52. The van der Waals surface area contributed by atoms with Crippen LogP contribution in [0.2, 0.25) is 0 Å². The molecule has 0 aromatic heterocycles. The van der Waals surface area contributed by atoms with Crippen LogP contribution in [0.1, 0.15) is 38.8 Å². The van der Waals surface area contributed by atoms with E-state index in [9.17, 15) is 24.3 Å². The van der Waals surface area contributed by atoms with E-state index >= 15 is 0 Å². The highest BCUT2D eigenvalue weighted by molar-refractivity contribution is 6.01. The smallest absolute Gasteiger partial charge is 0.408 e. The lowest BCUT2D eigenvalue weighted by molar-refractivity contribution is -0.141. The Morgan fingerprint density at radius 3 is 2.35 bits per heavy atom. The zero-order valence-corrected chi connectivity index (χ0v) is 22.7. The number of nitrogens with zero attached hydrogens (tertiary/aromatic N) is 1. The molecule has 0 saturated carbocycles. The van der Waals surface area contributed by atoms with Gasteiger partial charge in [-0.1, -0.05) is 48.5 Å². The molecule has 3 aromatic rings. The van der Waals surface area contributed by atoms with Crippen LogP contribution in [0.3, 0.4) is 0 Å². The second-order valence-corrected chi connectivity index (χ2v) is 10.2. The molecule has 10 heteroatoms. The van der Waals surface area contributed by atoms with Crippen molar-refractivity contribution in [2.24, 2.45) is 5.73 Å². The number of ether oxygens (including phenoxy) is 1. The largest absolute Gasteiger partial charge is 0.508 e. The van der Waals surface area contributed by atoms with Gasteiger partial charge < -0.3 is 31.1 Å². The van der Waals surface area contributed by atoms with Crippen LogP contribution in [0.4, 0.5) is 10.5 Å². The maximum absolute atomic E-state index is 13.9. The van der Waals surface area contributed by atoms with E-state index in [0.717, 1.165) is 15.7 Å². The molecule has 0 aliphatic carbocycles. The number of nitrogens with one attached hydrogen (secondary N) is 2. The van der Waals surface area contributed by atoms with E-state index in [0.29, 0.717) is 11.3 Å². The van der Waals surface area contributed by atoms with Gasteiger partial charge in [-0.15, -0.1) is 6.58 Å². The molecule has 10 nitrogen and oxygen atoms in total. The number of fused-ring (bicyclic) bond motifs is 1. The van der Waals surface area contributed by atoms with Crippen molar-refractivity contribution in [2.45, 2.75) is 44.9 Å². The first kappa shape index (κ1) is 29.7. The SMILES string of the molecule is C=CCN(C(=O)C(CC(N)=O)NC(=O)OC(C)(C)C)C(C(=O)Nc1ccc2ccccc2c1)c1cccc(O)c1. The summed E-state index contributed by atoms with van der Waals surface area (Å²) in [6.07, 6.45) is -0.0588. The minimum atomic E-state index is -1.43. The van der Waals surface area contributed by atoms with E-state index in [2.05, 4.69) is 17.2 Å². The molecule has 0 aliphatic heterocycles. The number of benzene rings is 3. The maximum Gasteiger partial charge on any atom is 0.408 e. The van der Waals surface area contributed by atoms with E-state index in [4.69, 9.17) is 10.5 Å². The molecular weight excluding hydrogens is 512 g/mol. The number of alkyl carbamates (subject to hydrolysis) is 1.